The van der Waals surface area contributed by atoms with Gasteiger partial charge in [-0.2, -0.15) is 5.10 Å². The van der Waals surface area contributed by atoms with Crippen LogP contribution < -0.4 is 9.47 Å². The molecule has 2 aromatic rings. The van der Waals surface area contributed by atoms with Crippen LogP contribution in [-0.4, -0.2) is 53.6 Å². The van der Waals surface area contributed by atoms with Crippen molar-refractivity contribution in [1.29, 1.82) is 0 Å². The van der Waals surface area contributed by atoms with Crippen molar-refractivity contribution >= 4 is 5.91 Å². The molecule has 3 heterocycles. The fraction of sp³-hybridized carbons (Fsp3) is 0.500. The summed E-state index contributed by atoms with van der Waals surface area (Å²) in [5.41, 5.74) is 1.67. The second kappa shape index (κ2) is 8.00. The number of carbonyl (C=O) groups is 1. The molecule has 1 amide bonds. The van der Waals surface area contributed by atoms with E-state index in [-0.39, 0.29) is 11.9 Å². The molecule has 0 bridgehead atoms. The van der Waals surface area contributed by atoms with Gasteiger partial charge in [-0.3, -0.25) is 9.48 Å². The minimum atomic E-state index is -0.000457. The monoisotopic (exact) mass is 371 g/mol. The molecular formula is C20H25N3O4. The van der Waals surface area contributed by atoms with Crippen LogP contribution in [0, 0.1) is 0 Å². The summed E-state index contributed by atoms with van der Waals surface area (Å²) in [7, 11) is 0. The number of rotatable bonds is 5. The first-order chi connectivity index (χ1) is 13.3. The normalized spacial score (nSPS) is 18.7. The lowest BCUT2D eigenvalue weighted by Crippen LogP contribution is -2.41. The average Bonchev–Trinajstić information content (AvgIpc) is 3.04. The van der Waals surface area contributed by atoms with Gasteiger partial charge in [-0.25, -0.2) is 0 Å². The van der Waals surface area contributed by atoms with Crippen LogP contribution in [0.2, 0.25) is 0 Å². The second-order valence-corrected chi connectivity index (χ2v) is 6.80. The minimum Gasteiger partial charge on any atom is -0.490 e. The van der Waals surface area contributed by atoms with Crippen molar-refractivity contribution in [2.75, 3.05) is 33.0 Å². The van der Waals surface area contributed by atoms with E-state index in [1.807, 2.05) is 34.7 Å². The van der Waals surface area contributed by atoms with Crippen LogP contribution in [0.5, 0.6) is 11.5 Å². The van der Waals surface area contributed by atoms with E-state index >= 15 is 0 Å². The SMILES string of the molecule is CCOCC[C@@H]1CN(C(=O)c2ccc3c(c2)OCCCO3)Cc2ccnn21. The van der Waals surface area contributed by atoms with Gasteiger partial charge in [-0.15, -0.1) is 0 Å². The number of ether oxygens (including phenoxy) is 3. The molecule has 7 nitrogen and oxygen atoms in total. The molecule has 0 aliphatic carbocycles. The van der Waals surface area contributed by atoms with Crippen LogP contribution in [0.15, 0.2) is 30.5 Å². The molecule has 0 unspecified atom stereocenters. The van der Waals surface area contributed by atoms with E-state index < -0.39 is 0 Å². The van der Waals surface area contributed by atoms with Crippen molar-refractivity contribution in [2.45, 2.75) is 32.4 Å². The molecule has 7 heteroatoms. The summed E-state index contributed by atoms with van der Waals surface area (Å²) in [6.45, 7) is 5.75. The summed E-state index contributed by atoms with van der Waals surface area (Å²) >= 11 is 0. The van der Waals surface area contributed by atoms with E-state index in [0.717, 1.165) is 18.5 Å². The number of hydrogen-bond acceptors (Lipinski definition) is 5. The molecule has 1 aromatic carbocycles. The van der Waals surface area contributed by atoms with Crippen LogP contribution >= 0.6 is 0 Å². The van der Waals surface area contributed by atoms with E-state index in [1.54, 1.807) is 12.3 Å². The first-order valence-corrected chi connectivity index (χ1v) is 9.55. The van der Waals surface area contributed by atoms with Crippen LogP contribution in [0.4, 0.5) is 0 Å². The molecule has 1 atom stereocenters. The molecule has 0 saturated carbocycles. The lowest BCUT2D eigenvalue weighted by molar-refractivity contribution is 0.0625. The van der Waals surface area contributed by atoms with Crippen molar-refractivity contribution in [1.82, 2.24) is 14.7 Å². The lowest BCUT2D eigenvalue weighted by atomic mass is 10.1. The molecular weight excluding hydrogens is 346 g/mol. The maximum atomic E-state index is 13.1. The van der Waals surface area contributed by atoms with Gasteiger partial charge in [0.25, 0.3) is 5.91 Å². The topological polar surface area (TPSA) is 65.8 Å². The fourth-order valence-corrected chi connectivity index (χ4v) is 3.60. The predicted molar refractivity (Wildman–Crippen MR) is 99.2 cm³/mol. The summed E-state index contributed by atoms with van der Waals surface area (Å²) < 4.78 is 18.9. The molecule has 2 aliphatic heterocycles. The standard InChI is InChI=1S/C20H25N3O4/c1-2-25-11-7-17-14-22(13-16-6-8-21-23(16)17)20(24)15-4-5-18-19(12-15)27-10-3-9-26-18/h4-6,8,12,17H,2-3,7,9-11,13-14H2,1H3/t17-/m1/s1. The smallest absolute Gasteiger partial charge is 0.254 e. The Morgan fingerprint density at radius 2 is 2.11 bits per heavy atom. The third-order valence-corrected chi connectivity index (χ3v) is 4.96. The number of hydrogen-bond donors (Lipinski definition) is 0. The molecule has 1 aromatic heterocycles. The van der Waals surface area contributed by atoms with E-state index in [0.29, 0.717) is 56.6 Å². The van der Waals surface area contributed by atoms with Gasteiger partial charge in [0.15, 0.2) is 11.5 Å². The number of aromatic nitrogens is 2. The Bertz CT molecular complexity index is 804. The van der Waals surface area contributed by atoms with Crippen molar-refractivity contribution in [3.63, 3.8) is 0 Å². The molecule has 0 saturated heterocycles. The first-order valence-electron chi connectivity index (χ1n) is 9.55. The molecule has 0 radical (unpaired) electrons. The van der Waals surface area contributed by atoms with Crippen LogP contribution in [-0.2, 0) is 11.3 Å². The van der Waals surface area contributed by atoms with Gasteiger partial charge in [-0.1, -0.05) is 0 Å². The zero-order valence-electron chi connectivity index (χ0n) is 15.6. The summed E-state index contributed by atoms with van der Waals surface area (Å²) in [5, 5.41) is 4.44. The Labute approximate surface area is 158 Å². The molecule has 0 fully saturated rings. The Kier molecular flexibility index (Phi) is 5.29. The maximum Gasteiger partial charge on any atom is 0.254 e. The number of fused-ring (bicyclic) bond motifs is 2. The average molecular weight is 371 g/mol. The molecule has 27 heavy (non-hydrogen) atoms. The Morgan fingerprint density at radius 1 is 1.26 bits per heavy atom. The van der Waals surface area contributed by atoms with Gasteiger partial charge < -0.3 is 19.1 Å². The minimum absolute atomic E-state index is 0.000457. The van der Waals surface area contributed by atoms with Gasteiger partial charge in [0.05, 0.1) is 31.5 Å². The third-order valence-electron chi connectivity index (χ3n) is 4.96. The maximum absolute atomic E-state index is 13.1. The third kappa shape index (κ3) is 3.78. The highest BCUT2D eigenvalue weighted by molar-refractivity contribution is 5.95. The van der Waals surface area contributed by atoms with E-state index in [1.165, 1.54) is 0 Å². The van der Waals surface area contributed by atoms with Crippen LogP contribution in [0.1, 0.15) is 41.9 Å². The summed E-state index contributed by atoms with van der Waals surface area (Å²) in [6.07, 6.45) is 3.47. The predicted octanol–water partition coefficient (Wildman–Crippen LogP) is 2.67. The largest absolute Gasteiger partial charge is 0.490 e. The molecule has 0 spiro atoms. The van der Waals surface area contributed by atoms with Crippen LogP contribution in [0.3, 0.4) is 0 Å². The van der Waals surface area contributed by atoms with Crippen molar-refractivity contribution < 1.29 is 19.0 Å². The van der Waals surface area contributed by atoms with Gasteiger partial charge in [-0.05, 0) is 37.6 Å². The number of amides is 1. The van der Waals surface area contributed by atoms with Gasteiger partial charge in [0, 0.05) is 37.9 Å². The van der Waals surface area contributed by atoms with Gasteiger partial charge in [0.1, 0.15) is 0 Å². The molecule has 0 N–H and O–H groups in total. The lowest BCUT2D eigenvalue weighted by Gasteiger charge is -2.34. The second-order valence-electron chi connectivity index (χ2n) is 6.80. The quantitative estimate of drug-likeness (QED) is 0.756. The van der Waals surface area contributed by atoms with Crippen molar-refractivity contribution in [3.8, 4) is 11.5 Å². The zero-order chi connectivity index (χ0) is 18.6. The van der Waals surface area contributed by atoms with E-state index in [9.17, 15) is 4.79 Å². The van der Waals surface area contributed by atoms with Gasteiger partial charge in [0.2, 0.25) is 0 Å². The summed E-state index contributed by atoms with van der Waals surface area (Å²) in [6, 6.07) is 7.54. The Morgan fingerprint density at radius 3 is 2.96 bits per heavy atom. The highest BCUT2D eigenvalue weighted by Gasteiger charge is 2.29. The van der Waals surface area contributed by atoms with Crippen LogP contribution in [0.25, 0.3) is 0 Å². The van der Waals surface area contributed by atoms with Crippen molar-refractivity contribution in [3.05, 3.63) is 41.7 Å². The first kappa shape index (κ1) is 17.9. The molecule has 4 rings (SSSR count). The zero-order valence-corrected chi connectivity index (χ0v) is 15.6. The summed E-state index contributed by atoms with van der Waals surface area (Å²) in [5.74, 6) is 1.35. The van der Waals surface area contributed by atoms with Gasteiger partial charge >= 0.3 is 0 Å². The Balaban J connectivity index is 1.53. The number of carbonyl (C=O) groups excluding carboxylic acids is 1. The highest BCUT2D eigenvalue weighted by atomic mass is 16.5. The number of nitrogens with zero attached hydrogens (tertiary/aromatic N) is 3. The number of benzene rings is 1. The van der Waals surface area contributed by atoms with Crippen molar-refractivity contribution in [2.24, 2.45) is 0 Å². The fourth-order valence-electron chi connectivity index (χ4n) is 3.60. The molecule has 2 aliphatic rings. The van der Waals surface area contributed by atoms with E-state index in [2.05, 4.69) is 5.10 Å². The molecule has 144 valence electrons. The van der Waals surface area contributed by atoms with E-state index in [4.69, 9.17) is 14.2 Å². The highest BCUT2D eigenvalue weighted by Crippen LogP contribution is 2.32. The Hall–Kier alpha value is -2.54. The summed E-state index contributed by atoms with van der Waals surface area (Å²) in [4.78, 5) is 15.0.